The van der Waals surface area contributed by atoms with Gasteiger partial charge < -0.3 is 10.4 Å². The number of alkyl halides is 3. The molecule has 4 nitrogen and oxygen atoms in total. The number of pyridine rings is 1. The molecule has 1 amide bonds. The molecule has 0 radical (unpaired) electrons. The zero-order chi connectivity index (χ0) is 18.2. The molecule has 8 heteroatoms. The normalized spacial score (nSPS) is 11.5. The number of carbonyl (C=O) groups excluding carboxylic acids is 1. The summed E-state index contributed by atoms with van der Waals surface area (Å²) < 4.78 is 38.4. The Morgan fingerprint density at radius 1 is 1.16 bits per heavy atom. The number of phenolic OH excluding ortho intramolecular Hbond substituents is 1. The molecule has 0 saturated heterocycles. The van der Waals surface area contributed by atoms with Crippen molar-refractivity contribution in [1.82, 2.24) is 4.98 Å². The van der Waals surface area contributed by atoms with Gasteiger partial charge in [0.05, 0.1) is 21.8 Å². The minimum absolute atomic E-state index is 0.0558. The van der Waals surface area contributed by atoms with Crippen molar-refractivity contribution in [2.75, 3.05) is 5.32 Å². The Kier molecular flexibility index (Phi) is 4.26. The van der Waals surface area contributed by atoms with Crippen molar-refractivity contribution >= 4 is 34.1 Å². The third kappa shape index (κ3) is 3.36. The number of aromatic nitrogens is 1. The maximum atomic E-state index is 12.8. The highest BCUT2D eigenvalue weighted by atomic mass is 35.5. The molecule has 0 fully saturated rings. The second kappa shape index (κ2) is 6.25. The molecular formula is C17H10ClF3N2O2. The highest BCUT2D eigenvalue weighted by Gasteiger charge is 2.31. The van der Waals surface area contributed by atoms with Crippen molar-refractivity contribution in [1.29, 1.82) is 0 Å². The smallest absolute Gasteiger partial charge is 0.416 e. The molecule has 0 bridgehead atoms. The van der Waals surface area contributed by atoms with Gasteiger partial charge in [0.25, 0.3) is 5.91 Å². The van der Waals surface area contributed by atoms with Crippen LogP contribution in [-0.4, -0.2) is 16.0 Å². The first-order chi connectivity index (χ1) is 11.8. The number of halogens is 4. The topological polar surface area (TPSA) is 62.2 Å². The summed E-state index contributed by atoms with van der Waals surface area (Å²) in [6.07, 6.45) is -3.12. The van der Waals surface area contributed by atoms with E-state index in [4.69, 9.17) is 11.6 Å². The van der Waals surface area contributed by atoms with Crippen molar-refractivity contribution in [3.05, 3.63) is 64.8 Å². The van der Waals surface area contributed by atoms with E-state index in [0.29, 0.717) is 5.39 Å². The zero-order valence-corrected chi connectivity index (χ0v) is 13.2. The standard InChI is InChI=1S/C17H10ClF3N2O2/c18-12-6-4-10(17(19,20)21)8-13(12)23-16(25)11-5-3-9-2-1-7-22-14(9)15(11)24/h1-8,24H,(H,23,25). The average molecular weight is 367 g/mol. The molecule has 3 aromatic rings. The van der Waals surface area contributed by atoms with E-state index in [2.05, 4.69) is 10.3 Å². The number of hydrogen-bond donors (Lipinski definition) is 2. The van der Waals surface area contributed by atoms with Gasteiger partial charge in [-0.3, -0.25) is 9.78 Å². The molecular weight excluding hydrogens is 357 g/mol. The number of phenols is 1. The largest absolute Gasteiger partial charge is 0.505 e. The molecule has 0 saturated carbocycles. The maximum Gasteiger partial charge on any atom is 0.416 e. The van der Waals surface area contributed by atoms with Gasteiger partial charge in [0.15, 0.2) is 5.75 Å². The SMILES string of the molecule is O=C(Nc1cc(C(F)(F)F)ccc1Cl)c1ccc2cccnc2c1O. The summed E-state index contributed by atoms with van der Waals surface area (Å²) in [5.41, 5.74) is -1.07. The second-order valence-corrected chi connectivity index (χ2v) is 5.59. The van der Waals surface area contributed by atoms with Crippen LogP contribution in [0.1, 0.15) is 15.9 Å². The highest BCUT2D eigenvalue weighted by molar-refractivity contribution is 6.34. The van der Waals surface area contributed by atoms with Crippen molar-refractivity contribution in [3.63, 3.8) is 0 Å². The predicted molar refractivity (Wildman–Crippen MR) is 87.8 cm³/mol. The van der Waals surface area contributed by atoms with Gasteiger partial charge in [-0.1, -0.05) is 23.7 Å². The van der Waals surface area contributed by atoms with E-state index < -0.39 is 17.6 Å². The Bertz CT molecular complexity index is 974. The fourth-order valence-corrected chi connectivity index (χ4v) is 2.46. The van der Waals surface area contributed by atoms with Crippen LogP contribution < -0.4 is 5.32 Å². The lowest BCUT2D eigenvalue weighted by molar-refractivity contribution is -0.137. The molecule has 3 rings (SSSR count). The monoisotopic (exact) mass is 366 g/mol. The quantitative estimate of drug-likeness (QED) is 0.680. The van der Waals surface area contributed by atoms with E-state index in [1.165, 1.54) is 12.3 Å². The van der Waals surface area contributed by atoms with Crippen molar-refractivity contribution in [2.24, 2.45) is 0 Å². The Labute approximate surface area is 144 Å². The molecule has 0 aliphatic rings. The number of anilines is 1. The van der Waals surface area contributed by atoms with E-state index in [9.17, 15) is 23.1 Å². The number of fused-ring (bicyclic) bond motifs is 1. The molecule has 25 heavy (non-hydrogen) atoms. The first kappa shape index (κ1) is 17.0. The van der Waals surface area contributed by atoms with Gasteiger partial charge in [-0.2, -0.15) is 13.2 Å². The first-order valence-electron chi connectivity index (χ1n) is 7.02. The molecule has 0 spiro atoms. The zero-order valence-electron chi connectivity index (χ0n) is 12.4. The Morgan fingerprint density at radius 3 is 2.64 bits per heavy atom. The molecule has 2 aromatic carbocycles. The number of aromatic hydroxyl groups is 1. The summed E-state index contributed by atoms with van der Waals surface area (Å²) in [5.74, 6) is -1.16. The molecule has 0 aliphatic heterocycles. The lowest BCUT2D eigenvalue weighted by Crippen LogP contribution is -2.14. The second-order valence-electron chi connectivity index (χ2n) is 5.18. The number of nitrogens with zero attached hydrogens (tertiary/aromatic N) is 1. The number of rotatable bonds is 2. The number of hydrogen-bond acceptors (Lipinski definition) is 3. The molecule has 0 aliphatic carbocycles. The van der Waals surface area contributed by atoms with Crippen LogP contribution in [-0.2, 0) is 6.18 Å². The van der Waals surface area contributed by atoms with E-state index in [0.717, 1.165) is 18.2 Å². The lowest BCUT2D eigenvalue weighted by Gasteiger charge is -2.12. The average Bonchev–Trinajstić information content (AvgIpc) is 2.56. The van der Waals surface area contributed by atoms with E-state index >= 15 is 0 Å². The van der Waals surface area contributed by atoms with Crippen LogP contribution in [0.5, 0.6) is 5.75 Å². The van der Waals surface area contributed by atoms with Crippen molar-refractivity contribution < 1.29 is 23.1 Å². The van der Waals surface area contributed by atoms with Gasteiger partial charge in [-0.15, -0.1) is 0 Å². The number of nitrogens with one attached hydrogen (secondary N) is 1. The molecule has 0 atom stereocenters. The van der Waals surface area contributed by atoms with Crippen LogP contribution >= 0.6 is 11.6 Å². The molecule has 0 unspecified atom stereocenters. The van der Waals surface area contributed by atoms with Gasteiger partial charge in [-0.05, 0) is 30.3 Å². The van der Waals surface area contributed by atoms with Gasteiger partial charge >= 0.3 is 6.18 Å². The van der Waals surface area contributed by atoms with Crippen LogP contribution in [0.4, 0.5) is 18.9 Å². The summed E-state index contributed by atoms with van der Waals surface area (Å²) in [6, 6.07) is 8.89. The maximum absolute atomic E-state index is 12.8. The van der Waals surface area contributed by atoms with Gasteiger partial charge in [0, 0.05) is 11.6 Å². The van der Waals surface area contributed by atoms with Gasteiger partial charge in [0.2, 0.25) is 0 Å². The van der Waals surface area contributed by atoms with Crippen molar-refractivity contribution in [3.8, 4) is 5.75 Å². The fraction of sp³-hybridized carbons (Fsp3) is 0.0588. The minimum atomic E-state index is -4.57. The molecule has 128 valence electrons. The van der Waals surface area contributed by atoms with Gasteiger partial charge in [0.1, 0.15) is 5.52 Å². The Morgan fingerprint density at radius 2 is 1.92 bits per heavy atom. The summed E-state index contributed by atoms with van der Waals surface area (Å²) in [4.78, 5) is 16.3. The fourth-order valence-electron chi connectivity index (χ4n) is 2.30. The minimum Gasteiger partial charge on any atom is -0.505 e. The van der Waals surface area contributed by atoms with Crippen LogP contribution in [0.3, 0.4) is 0 Å². The number of benzene rings is 2. The third-order valence-corrected chi connectivity index (χ3v) is 3.86. The Balaban J connectivity index is 1.97. The number of carbonyl (C=O) groups is 1. The summed E-state index contributed by atoms with van der Waals surface area (Å²) in [7, 11) is 0. The Hall–Kier alpha value is -2.80. The van der Waals surface area contributed by atoms with E-state index in [1.54, 1.807) is 18.2 Å². The predicted octanol–water partition coefficient (Wildman–Crippen LogP) is 4.86. The van der Waals surface area contributed by atoms with Crippen molar-refractivity contribution in [2.45, 2.75) is 6.18 Å². The van der Waals surface area contributed by atoms with E-state index in [1.807, 2.05) is 0 Å². The van der Waals surface area contributed by atoms with Crippen LogP contribution in [0, 0.1) is 0 Å². The van der Waals surface area contributed by atoms with Crippen LogP contribution in [0.15, 0.2) is 48.7 Å². The summed E-state index contributed by atoms with van der Waals surface area (Å²) >= 11 is 5.86. The highest BCUT2D eigenvalue weighted by Crippen LogP contribution is 2.34. The first-order valence-corrected chi connectivity index (χ1v) is 7.40. The van der Waals surface area contributed by atoms with Gasteiger partial charge in [-0.25, -0.2) is 0 Å². The van der Waals surface area contributed by atoms with Crippen LogP contribution in [0.2, 0.25) is 5.02 Å². The molecule has 2 N–H and O–H groups in total. The lowest BCUT2D eigenvalue weighted by atomic mass is 10.1. The molecule has 1 heterocycles. The van der Waals surface area contributed by atoms with Crippen LogP contribution in [0.25, 0.3) is 10.9 Å². The summed E-state index contributed by atoms with van der Waals surface area (Å²) in [5, 5.41) is 13.1. The third-order valence-electron chi connectivity index (χ3n) is 3.53. The summed E-state index contributed by atoms with van der Waals surface area (Å²) in [6.45, 7) is 0. The molecule has 1 aromatic heterocycles. The number of amides is 1. The van der Waals surface area contributed by atoms with E-state index in [-0.39, 0.29) is 27.5 Å².